The van der Waals surface area contributed by atoms with Crippen molar-refractivity contribution in [3.63, 3.8) is 0 Å². The third-order valence-corrected chi connectivity index (χ3v) is 6.87. The first-order chi connectivity index (χ1) is 11.3. The first kappa shape index (κ1) is 17.5. The zero-order chi connectivity index (χ0) is 17.5. The molecule has 2 fully saturated rings. The number of ether oxygens (including phenoxy) is 1. The normalized spacial score (nSPS) is 19.4. The van der Waals surface area contributed by atoms with E-state index < -0.39 is 10.0 Å². The van der Waals surface area contributed by atoms with E-state index in [-0.39, 0.29) is 35.6 Å². The summed E-state index contributed by atoms with van der Waals surface area (Å²) >= 11 is 6.10. The number of carbonyl (C=O) groups excluding carboxylic acids is 1. The fraction of sp³-hybridized carbons (Fsp3) is 0.562. The fourth-order valence-electron chi connectivity index (χ4n) is 2.87. The zero-order valence-corrected chi connectivity index (χ0v) is 15.4. The van der Waals surface area contributed by atoms with Crippen LogP contribution in [0, 0.1) is 12.8 Å². The van der Waals surface area contributed by atoms with E-state index in [9.17, 15) is 13.2 Å². The van der Waals surface area contributed by atoms with E-state index in [4.69, 9.17) is 16.3 Å². The van der Waals surface area contributed by atoms with Crippen LogP contribution in [0.1, 0.15) is 18.4 Å². The van der Waals surface area contributed by atoms with E-state index in [2.05, 4.69) is 0 Å². The molecule has 0 radical (unpaired) electrons. The second-order valence-corrected chi connectivity index (χ2v) is 8.57. The van der Waals surface area contributed by atoms with E-state index >= 15 is 0 Å². The van der Waals surface area contributed by atoms with E-state index in [1.165, 1.54) is 17.5 Å². The molecule has 6 nitrogen and oxygen atoms in total. The number of aryl methyl sites for hydroxylation is 1. The van der Waals surface area contributed by atoms with Gasteiger partial charge in [-0.15, -0.1) is 0 Å². The predicted octanol–water partition coefficient (Wildman–Crippen LogP) is 1.90. The lowest BCUT2D eigenvalue weighted by molar-refractivity contribution is -0.133. The molecule has 1 amide bonds. The Morgan fingerprint density at radius 2 is 1.83 bits per heavy atom. The molecule has 1 saturated heterocycles. The number of halogens is 1. The third kappa shape index (κ3) is 3.25. The van der Waals surface area contributed by atoms with E-state index in [0.717, 1.165) is 18.4 Å². The standard InChI is InChI=1S/C16H21ClN2O4S/c1-11-9-14(23-2)15(10-13(11)17)24(21,22)19-7-5-18(6-8-19)16(20)12-3-4-12/h9-10,12H,3-8H2,1-2H3. The molecule has 1 aliphatic carbocycles. The molecule has 1 aliphatic heterocycles. The number of methoxy groups -OCH3 is 1. The lowest BCUT2D eigenvalue weighted by Crippen LogP contribution is -2.50. The van der Waals surface area contributed by atoms with Crippen LogP contribution in [0.5, 0.6) is 5.75 Å². The summed E-state index contributed by atoms with van der Waals surface area (Å²) in [4.78, 5) is 13.9. The average molecular weight is 373 g/mol. The maximum absolute atomic E-state index is 12.9. The van der Waals surface area contributed by atoms with Gasteiger partial charge in [0.15, 0.2) is 0 Å². The lowest BCUT2D eigenvalue weighted by Gasteiger charge is -2.34. The van der Waals surface area contributed by atoms with Crippen molar-refractivity contribution >= 4 is 27.5 Å². The van der Waals surface area contributed by atoms with Crippen LogP contribution in [0.15, 0.2) is 17.0 Å². The highest BCUT2D eigenvalue weighted by Gasteiger charge is 2.37. The van der Waals surface area contributed by atoms with Crippen LogP contribution in [-0.4, -0.2) is 56.8 Å². The largest absolute Gasteiger partial charge is 0.495 e. The topological polar surface area (TPSA) is 66.9 Å². The maximum Gasteiger partial charge on any atom is 0.246 e. The summed E-state index contributed by atoms with van der Waals surface area (Å²) < 4.78 is 32.5. The molecule has 0 N–H and O–H groups in total. The summed E-state index contributed by atoms with van der Waals surface area (Å²) in [6, 6.07) is 3.06. The van der Waals surface area contributed by atoms with Crippen molar-refractivity contribution in [3.05, 3.63) is 22.7 Å². The molecule has 1 aromatic carbocycles. The number of hydrogen-bond donors (Lipinski definition) is 0. The molecule has 2 aliphatic rings. The molecular formula is C16H21ClN2O4S. The molecule has 0 unspecified atom stereocenters. The van der Waals surface area contributed by atoms with Crippen molar-refractivity contribution in [2.75, 3.05) is 33.3 Å². The predicted molar refractivity (Wildman–Crippen MR) is 90.8 cm³/mol. The Balaban J connectivity index is 1.79. The van der Waals surface area contributed by atoms with Crippen LogP contribution in [0.3, 0.4) is 0 Å². The van der Waals surface area contributed by atoms with Gasteiger partial charge in [-0.25, -0.2) is 8.42 Å². The minimum atomic E-state index is -3.71. The van der Waals surface area contributed by atoms with Crippen molar-refractivity contribution in [1.29, 1.82) is 0 Å². The van der Waals surface area contributed by atoms with Crippen LogP contribution in [0.4, 0.5) is 0 Å². The molecule has 24 heavy (non-hydrogen) atoms. The van der Waals surface area contributed by atoms with Gasteiger partial charge in [-0.1, -0.05) is 11.6 Å². The summed E-state index contributed by atoms with van der Waals surface area (Å²) in [5, 5.41) is 0.386. The molecule has 0 spiro atoms. The van der Waals surface area contributed by atoms with Crippen LogP contribution in [0.25, 0.3) is 0 Å². The van der Waals surface area contributed by atoms with Gasteiger partial charge in [0.05, 0.1) is 7.11 Å². The highest BCUT2D eigenvalue weighted by atomic mass is 35.5. The quantitative estimate of drug-likeness (QED) is 0.809. The number of nitrogens with zero attached hydrogens (tertiary/aromatic N) is 2. The summed E-state index contributed by atoms with van der Waals surface area (Å²) in [6.07, 6.45) is 1.91. The number of piperazine rings is 1. The SMILES string of the molecule is COc1cc(C)c(Cl)cc1S(=O)(=O)N1CCN(C(=O)C2CC2)CC1. The van der Waals surface area contributed by atoms with Gasteiger partial charge in [-0.2, -0.15) is 4.31 Å². The second-order valence-electron chi connectivity index (χ2n) is 6.26. The molecule has 1 aromatic rings. The van der Waals surface area contributed by atoms with Crippen molar-refractivity contribution in [3.8, 4) is 5.75 Å². The van der Waals surface area contributed by atoms with Crippen molar-refractivity contribution in [1.82, 2.24) is 9.21 Å². The number of carbonyl (C=O) groups is 1. The van der Waals surface area contributed by atoms with Gasteiger partial charge < -0.3 is 9.64 Å². The Morgan fingerprint density at radius 3 is 2.38 bits per heavy atom. The van der Waals surface area contributed by atoms with E-state index in [1.54, 1.807) is 17.9 Å². The number of rotatable bonds is 4. The lowest BCUT2D eigenvalue weighted by atomic mass is 10.2. The fourth-order valence-corrected chi connectivity index (χ4v) is 4.69. The summed E-state index contributed by atoms with van der Waals surface area (Å²) in [6.45, 7) is 3.22. The molecule has 8 heteroatoms. The average Bonchev–Trinajstić information content (AvgIpc) is 3.41. The molecule has 0 aromatic heterocycles. The molecule has 0 atom stereocenters. The van der Waals surface area contributed by atoms with Gasteiger partial charge >= 0.3 is 0 Å². The first-order valence-corrected chi connectivity index (χ1v) is 9.79. The van der Waals surface area contributed by atoms with Crippen LogP contribution in [0.2, 0.25) is 5.02 Å². The van der Waals surface area contributed by atoms with Gasteiger partial charge in [0, 0.05) is 37.1 Å². The van der Waals surface area contributed by atoms with Crippen LogP contribution < -0.4 is 4.74 Å². The van der Waals surface area contributed by atoms with Gasteiger partial charge in [-0.05, 0) is 37.5 Å². The zero-order valence-electron chi connectivity index (χ0n) is 13.8. The van der Waals surface area contributed by atoms with Gasteiger partial charge in [-0.3, -0.25) is 4.79 Å². The van der Waals surface area contributed by atoms with Crippen molar-refractivity contribution in [2.24, 2.45) is 5.92 Å². The van der Waals surface area contributed by atoms with Gasteiger partial charge in [0.25, 0.3) is 0 Å². The highest BCUT2D eigenvalue weighted by molar-refractivity contribution is 7.89. The third-order valence-electron chi connectivity index (χ3n) is 4.54. The monoisotopic (exact) mass is 372 g/mol. The molecule has 1 heterocycles. The Morgan fingerprint density at radius 1 is 1.21 bits per heavy atom. The number of sulfonamides is 1. The Hall–Kier alpha value is -1.31. The summed E-state index contributed by atoms with van der Waals surface area (Å²) in [5.41, 5.74) is 0.757. The Labute approximate surface area is 147 Å². The van der Waals surface area contributed by atoms with Crippen LogP contribution in [-0.2, 0) is 14.8 Å². The molecule has 1 saturated carbocycles. The Bertz CT molecular complexity index is 754. The van der Waals surface area contributed by atoms with E-state index in [0.29, 0.717) is 18.1 Å². The van der Waals surface area contributed by atoms with E-state index in [1.807, 2.05) is 0 Å². The van der Waals surface area contributed by atoms with Gasteiger partial charge in [0.2, 0.25) is 15.9 Å². The second kappa shape index (κ2) is 6.54. The summed E-state index contributed by atoms with van der Waals surface area (Å²) in [5.74, 6) is 0.598. The first-order valence-electron chi connectivity index (χ1n) is 7.97. The summed E-state index contributed by atoms with van der Waals surface area (Å²) in [7, 11) is -2.27. The maximum atomic E-state index is 12.9. The minimum absolute atomic E-state index is 0.0718. The van der Waals surface area contributed by atoms with Crippen molar-refractivity contribution in [2.45, 2.75) is 24.7 Å². The Kier molecular flexibility index (Phi) is 4.77. The number of benzene rings is 1. The smallest absolute Gasteiger partial charge is 0.246 e. The molecular weight excluding hydrogens is 352 g/mol. The molecule has 0 bridgehead atoms. The minimum Gasteiger partial charge on any atom is -0.495 e. The number of amides is 1. The van der Waals surface area contributed by atoms with Gasteiger partial charge in [0.1, 0.15) is 10.6 Å². The molecule has 3 rings (SSSR count). The highest BCUT2D eigenvalue weighted by Crippen LogP contribution is 2.34. The number of hydrogen-bond acceptors (Lipinski definition) is 4. The van der Waals surface area contributed by atoms with Crippen molar-refractivity contribution < 1.29 is 17.9 Å². The van der Waals surface area contributed by atoms with Crippen LogP contribution >= 0.6 is 11.6 Å². The molecule has 132 valence electrons.